The number of amides is 1. The number of rotatable bonds is 3. The Morgan fingerprint density at radius 1 is 1.00 bits per heavy atom. The number of carbonyl (C=O) groups is 2. The van der Waals surface area contributed by atoms with Gasteiger partial charge in [0.2, 0.25) is 0 Å². The van der Waals surface area contributed by atoms with Gasteiger partial charge in [0.15, 0.2) is 0 Å². The summed E-state index contributed by atoms with van der Waals surface area (Å²) in [5.41, 5.74) is 6.15. The molecule has 2 aromatic carbocycles. The summed E-state index contributed by atoms with van der Waals surface area (Å²) in [5, 5.41) is 3.06. The monoisotopic (exact) mass is 386 g/mol. The molecule has 1 fully saturated rings. The van der Waals surface area contributed by atoms with E-state index < -0.39 is 0 Å². The molecule has 29 heavy (non-hydrogen) atoms. The SMILES string of the molecule is CC1=C(C(=O)Nc2ccccc2C)[C@H](c2cccc(C)c2)C2C(=O)CCCC2=N1. The maximum absolute atomic E-state index is 13.4. The first-order valence-electron chi connectivity index (χ1n) is 10.2. The van der Waals surface area contributed by atoms with Crippen LogP contribution in [0.1, 0.15) is 48.8 Å². The Morgan fingerprint density at radius 3 is 2.55 bits per heavy atom. The first-order chi connectivity index (χ1) is 14.0. The molecule has 2 atom stereocenters. The van der Waals surface area contributed by atoms with Crippen molar-refractivity contribution in [3.05, 3.63) is 76.5 Å². The lowest BCUT2D eigenvalue weighted by molar-refractivity contribution is -0.122. The number of benzene rings is 2. The van der Waals surface area contributed by atoms with Crippen LogP contribution in [0, 0.1) is 19.8 Å². The Balaban J connectivity index is 1.81. The van der Waals surface area contributed by atoms with Gasteiger partial charge in [0, 0.05) is 35.0 Å². The minimum absolute atomic E-state index is 0.176. The van der Waals surface area contributed by atoms with Crippen LogP contribution in [0.15, 0.2) is 64.8 Å². The third-order valence-electron chi connectivity index (χ3n) is 5.95. The van der Waals surface area contributed by atoms with Crippen LogP contribution in [0.4, 0.5) is 5.69 Å². The first kappa shape index (κ1) is 19.3. The highest BCUT2D eigenvalue weighted by molar-refractivity contribution is 6.14. The van der Waals surface area contributed by atoms with Crippen LogP contribution in [-0.4, -0.2) is 17.4 Å². The van der Waals surface area contributed by atoms with Crippen molar-refractivity contribution >= 4 is 23.1 Å². The molecule has 0 radical (unpaired) electrons. The zero-order valence-electron chi connectivity index (χ0n) is 17.2. The molecule has 1 aliphatic heterocycles. The topological polar surface area (TPSA) is 58.5 Å². The molecule has 0 spiro atoms. The first-order valence-corrected chi connectivity index (χ1v) is 10.2. The van der Waals surface area contributed by atoms with Crippen molar-refractivity contribution in [3.63, 3.8) is 0 Å². The zero-order valence-corrected chi connectivity index (χ0v) is 17.2. The zero-order chi connectivity index (χ0) is 20.5. The molecule has 0 saturated heterocycles. The second-order valence-electron chi connectivity index (χ2n) is 8.06. The predicted octanol–water partition coefficient (Wildman–Crippen LogP) is 5.12. The summed E-state index contributed by atoms with van der Waals surface area (Å²) in [5.74, 6) is -0.620. The lowest BCUT2D eigenvalue weighted by atomic mass is 9.69. The summed E-state index contributed by atoms with van der Waals surface area (Å²) in [6.07, 6.45) is 2.22. The van der Waals surface area contributed by atoms with E-state index >= 15 is 0 Å². The summed E-state index contributed by atoms with van der Waals surface area (Å²) in [6.45, 7) is 5.89. The molecule has 2 aromatic rings. The highest BCUT2D eigenvalue weighted by Gasteiger charge is 2.43. The molecule has 0 bridgehead atoms. The van der Waals surface area contributed by atoms with Gasteiger partial charge in [-0.15, -0.1) is 0 Å². The van der Waals surface area contributed by atoms with Gasteiger partial charge in [-0.1, -0.05) is 48.0 Å². The number of carbonyl (C=O) groups excluding carboxylic acids is 2. The van der Waals surface area contributed by atoms with Gasteiger partial charge in [0.1, 0.15) is 5.78 Å². The Labute approximate surface area is 171 Å². The van der Waals surface area contributed by atoms with E-state index in [-0.39, 0.29) is 23.5 Å². The van der Waals surface area contributed by atoms with E-state index in [0.717, 1.165) is 40.9 Å². The summed E-state index contributed by atoms with van der Waals surface area (Å²) >= 11 is 0. The van der Waals surface area contributed by atoms with Crippen molar-refractivity contribution in [1.29, 1.82) is 0 Å². The van der Waals surface area contributed by atoms with Crippen molar-refractivity contribution in [3.8, 4) is 0 Å². The summed E-state index contributed by atoms with van der Waals surface area (Å²) in [6, 6.07) is 15.9. The normalized spacial score (nSPS) is 21.5. The number of aliphatic imine (C=N–C) groups is 1. The number of nitrogens with one attached hydrogen (secondary N) is 1. The fourth-order valence-corrected chi connectivity index (χ4v) is 4.54. The predicted molar refractivity (Wildman–Crippen MR) is 116 cm³/mol. The number of para-hydroxylation sites is 1. The fourth-order valence-electron chi connectivity index (χ4n) is 4.54. The van der Waals surface area contributed by atoms with E-state index in [0.29, 0.717) is 17.7 Å². The molecule has 1 N–H and O–H groups in total. The lowest BCUT2D eigenvalue weighted by Crippen LogP contribution is -2.39. The molecule has 0 aromatic heterocycles. The van der Waals surface area contributed by atoms with Crippen molar-refractivity contribution in [2.75, 3.05) is 5.32 Å². The van der Waals surface area contributed by atoms with E-state index in [4.69, 9.17) is 4.99 Å². The number of allylic oxidation sites excluding steroid dienone is 1. The van der Waals surface area contributed by atoms with Crippen molar-refractivity contribution in [1.82, 2.24) is 0 Å². The molecule has 1 saturated carbocycles. The third-order valence-corrected chi connectivity index (χ3v) is 5.95. The Bertz CT molecular complexity index is 1050. The van der Waals surface area contributed by atoms with E-state index in [2.05, 4.69) is 11.4 Å². The van der Waals surface area contributed by atoms with Crippen molar-refractivity contribution < 1.29 is 9.59 Å². The van der Waals surface area contributed by atoms with Gasteiger partial charge in [-0.2, -0.15) is 0 Å². The van der Waals surface area contributed by atoms with E-state index in [1.807, 2.05) is 63.2 Å². The second kappa shape index (κ2) is 7.78. The second-order valence-corrected chi connectivity index (χ2v) is 8.06. The summed E-state index contributed by atoms with van der Waals surface area (Å²) in [4.78, 5) is 31.1. The van der Waals surface area contributed by atoms with Crippen LogP contribution in [0.3, 0.4) is 0 Å². The van der Waals surface area contributed by atoms with Gasteiger partial charge >= 0.3 is 0 Å². The van der Waals surface area contributed by atoms with Crippen molar-refractivity contribution in [2.24, 2.45) is 10.9 Å². The largest absolute Gasteiger partial charge is 0.322 e. The average molecular weight is 386 g/mol. The van der Waals surface area contributed by atoms with Gasteiger partial charge in [0.05, 0.1) is 5.92 Å². The van der Waals surface area contributed by atoms with Crippen LogP contribution >= 0.6 is 0 Å². The van der Waals surface area contributed by atoms with Gasteiger partial charge in [0.25, 0.3) is 5.91 Å². The summed E-state index contributed by atoms with van der Waals surface area (Å²) in [7, 11) is 0. The van der Waals surface area contributed by atoms with Gasteiger partial charge in [-0.3, -0.25) is 14.6 Å². The summed E-state index contributed by atoms with van der Waals surface area (Å²) < 4.78 is 0. The average Bonchev–Trinajstić information content (AvgIpc) is 2.69. The molecule has 1 aliphatic carbocycles. The van der Waals surface area contributed by atoms with Gasteiger partial charge < -0.3 is 5.32 Å². The fraction of sp³-hybridized carbons (Fsp3) is 0.320. The number of anilines is 1. The molecule has 4 heteroatoms. The third kappa shape index (κ3) is 3.67. The van der Waals surface area contributed by atoms with Crippen LogP contribution in [0.2, 0.25) is 0 Å². The molecule has 148 valence electrons. The van der Waals surface area contributed by atoms with Crippen LogP contribution in [0.5, 0.6) is 0 Å². The minimum atomic E-state index is -0.341. The number of fused-ring (bicyclic) bond motifs is 1. The standard InChI is InChI=1S/C25H26N2O2/c1-15-8-6-10-18(14-15)23-22(25(29)27-19-11-5-4-9-16(19)2)17(3)26-20-12-7-13-21(28)24(20)23/h4-6,8-11,14,23-24H,7,12-13H2,1-3H3,(H,27,29)/t23-,24?/m0/s1. The maximum Gasteiger partial charge on any atom is 0.254 e. The van der Waals surface area contributed by atoms with E-state index in [1.165, 1.54) is 0 Å². The van der Waals surface area contributed by atoms with Crippen molar-refractivity contribution in [2.45, 2.75) is 46.0 Å². The molecular formula is C25H26N2O2. The Morgan fingerprint density at radius 2 is 1.79 bits per heavy atom. The highest BCUT2D eigenvalue weighted by Crippen LogP contribution is 2.43. The molecular weight excluding hydrogens is 360 g/mol. The van der Waals surface area contributed by atoms with Gasteiger partial charge in [-0.25, -0.2) is 0 Å². The Hall–Kier alpha value is -3.01. The highest BCUT2D eigenvalue weighted by atomic mass is 16.2. The van der Waals surface area contributed by atoms with Crippen LogP contribution < -0.4 is 5.32 Å². The molecule has 1 amide bonds. The maximum atomic E-state index is 13.4. The number of aryl methyl sites for hydroxylation is 2. The molecule has 1 heterocycles. The molecule has 4 rings (SSSR count). The van der Waals surface area contributed by atoms with Gasteiger partial charge in [-0.05, 0) is 50.8 Å². The van der Waals surface area contributed by atoms with Crippen LogP contribution in [-0.2, 0) is 9.59 Å². The smallest absolute Gasteiger partial charge is 0.254 e. The van der Waals surface area contributed by atoms with E-state index in [1.54, 1.807) is 0 Å². The van der Waals surface area contributed by atoms with E-state index in [9.17, 15) is 9.59 Å². The molecule has 1 unspecified atom stereocenters. The Kier molecular flexibility index (Phi) is 5.18. The number of ketones is 1. The number of Topliss-reactive ketones (excluding diaryl/α,β-unsaturated/α-hetero) is 1. The van der Waals surface area contributed by atoms with Crippen LogP contribution in [0.25, 0.3) is 0 Å². The number of nitrogens with zero attached hydrogens (tertiary/aromatic N) is 1. The minimum Gasteiger partial charge on any atom is -0.322 e. The molecule has 2 aliphatic rings. The number of hydrogen-bond donors (Lipinski definition) is 1. The number of hydrogen-bond acceptors (Lipinski definition) is 3. The lowest BCUT2D eigenvalue weighted by Gasteiger charge is -2.36. The quantitative estimate of drug-likeness (QED) is 0.795. The molecule has 4 nitrogen and oxygen atoms in total.